The highest BCUT2D eigenvalue weighted by Gasteiger charge is 2.28. The normalized spacial score (nSPS) is 19.0. The summed E-state index contributed by atoms with van der Waals surface area (Å²) in [6.07, 6.45) is 6.83. The number of nitrogens with one attached hydrogen (secondary N) is 1. The number of rotatable bonds is 4. The number of carbonyl (C=O) groups is 2. The Morgan fingerprint density at radius 1 is 1.53 bits per heavy atom. The van der Waals surface area contributed by atoms with Crippen molar-refractivity contribution in [2.45, 2.75) is 31.7 Å². The smallest absolute Gasteiger partial charge is 0.321 e. The fraction of sp³-hybridized carbons (Fsp3) is 0.385. The number of primary amides is 1. The molecular weight excluding hydrogens is 254 g/mol. The van der Waals surface area contributed by atoms with Gasteiger partial charge < -0.3 is 11.1 Å². The first kappa shape index (κ1) is 17.0. The number of alkyl halides is 2. The highest BCUT2D eigenvalue weighted by Crippen LogP contribution is 2.15. The van der Waals surface area contributed by atoms with Crippen molar-refractivity contribution < 1.29 is 18.4 Å². The Bertz CT molecular complexity index is 398. The van der Waals surface area contributed by atoms with Crippen LogP contribution in [0.25, 0.3) is 0 Å². The van der Waals surface area contributed by atoms with E-state index in [1.54, 1.807) is 12.2 Å². The summed E-state index contributed by atoms with van der Waals surface area (Å²) in [6, 6.07) is 0.146. The van der Waals surface area contributed by atoms with Gasteiger partial charge in [-0.1, -0.05) is 31.4 Å². The number of nitrogens with two attached hydrogens (primary N) is 1. The highest BCUT2D eigenvalue weighted by molar-refractivity contribution is 5.80. The van der Waals surface area contributed by atoms with Gasteiger partial charge in [0.15, 0.2) is 0 Å². The molecule has 0 aromatic carbocycles. The van der Waals surface area contributed by atoms with Crippen LogP contribution in [0.15, 0.2) is 37.0 Å². The first-order chi connectivity index (χ1) is 8.72. The summed E-state index contributed by atoms with van der Waals surface area (Å²) in [6.45, 7) is 7.74. The highest BCUT2D eigenvalue weighted by atomic mass is 19.3. The van der Waals surface area contributed by atoms with E-state index in [0.717, 1.165) is 12.0 Å². The number of allylic oxidation sites excluding steroid dienone is 2. The molecule has 0 aliphatic carbocycles. The second kappa shape index (κ2) is 7.45. The summed E-state index contributed by atoms with van der Waals surface area (Å²) in [4.78, 5) is 20.4. The monoisotopic (exact) mass is 272 g/mol. The van der Waals surface area contributed by atoms with Crippen LogP contribution in [-0.4, -0.2) is 23.8 Å². The van der Waals surface area contributed by atoms with Crippen LogP contribution < -0.4 is 11.1 Å². The Hall–Kier alpha value is -1.98. The van der Waals surface area contributed by atoms with Crippen LogP contribution in [-0.2, 0) is 9.59 Å². The summed E-state index contributed by atoms with van der Waals surface area (Å²) in [5.41, 5.74) is 5.22. The molecule has 3 N–H and O–H groups in total. The lowest BCUT2D eigenvalue weighted by atomic mass is 10.1. The number of hydrogen-bond acceptors (Lipinski definition) is 2. The van der Waals surface area contributed by atoms with Gasteiger partial charge in [-0.05, 0) is 12.0 Å². The van der Waals surface area contributed by atoms with Crippen molar-refractivity contribution in [1.82, 2.24) is 5.32 Å². The zero-order valence-electron chi connectivity index (χ0n) is 10.8. The summed E-state index contributed by atoms with van der Waals surface area (Å²) < 4.78 is 22.7. The molecule has 0 saturated carbocycles. The van der Waals surface area contributed by atoms with Crippen molar-refractivity contribution in [3.05, 3.63) is 37.0 Å². The van der Waals surface area contributed by atoms with Gasteiger partial charge in [-0.25, -0.2) is 0 Å². The van der Waals surface area contributed by atoms with Crippen molar-refractivity contribution in [3.63, 3.8) is 0 Å². The Labute approximate surface area is 111 Å². The van der Waals surface area contributed by atoms with Gasteiger partial charge in [0.05, 0.1) is 6.04 Å². The van der Waals surface area contributed by atoms with E-state index >= 15 is 0 Å². The molecular formula is C13H18F2N2O2. The SMILES string of the molecule is C=C/C=C(\C=C)C1CCC(=O)N1.CC(F)(F)C(N)=O. The zero-order chi connectivity index (χ0) is 15.1. The fourth-order valence-corrected chi connectivity index (χ4v) is 1.33. The van der Waals surface area contributed by atoms with Crippen LogP contribution >= 0.6 is 0 Å². The number of hydrogen-bond donors (Lipinski definition) is 2. The standard InChI is InChI=1S/C10H13NO.C3H5F2NO/c1-3-5-8(4-2)9-6-7-10(12)11-9;1-3(4,5)2(6)7/h3-5,9H,1-2,6-7H2,(H,11,12);1H3,(H2,6,7)/b8-5+;. The van der Waals surface area contributed by atoms with Gasteiger partial charge in [0, 0.05) is 13.3 Å². The Kier molecular flexibility index (Phi) is 6.68. The van der Waals surface area contributed by atoms with Crippen LogP contribution in [0.2, 0.25) is 0 Å². The lowest BCUT2D eigenvalue weighted by molar-refractivity contribution is -0.139. The van der Waals surface area contributed by atoms with E-state index in [2.05, 4.69) is 24.2 Å². The van der Waals surface area contributed by atoms with Gasteiger partial charge in [-0.2, -0.15) is 8.78 Å². The van der Waals surface area contributed by atoms with E-state index in [4.69, 9.17) is 0 Å². The maximum atomic E-state index is 11.4. The van der Waals surface area contributed by atoms with E-state index in [0.29, 0.717) is 13.3 Å². The quantitative estimate of drug-likeness (QED) is 0.764. The molecule has 1 aliphatic rings. The minimum Gasteiger partial charge on any atom is -0.364 e. The van der Waals surface area contributed by atoms with Gasteiger partial charge in [0.1, 0.15) is 0 Å². The maximum Gasteiger partial charge on any atom is 0.321 e. The van der Waals surface area contributed by atoms with Crippen LogP contribution in [0.3, 0.4) is 0 Å². The van der Waals surface area contributed by atoms with E-state index in [9.17, 15) is 18.4 Å². The topological polar surface area (TPSA) is 72.2 Å². The molecule has 0 aromatic heterocycles. The van der Waals surface area contributed by atoms with Crippen molar-refractivity contribution >= 4 is 11.8 Å². The summed E-state index contributed by atoms with van der Waals surface area (Å²) in [5, 5.41) is 2.86. The molecule has 4 nitrogen and oxygen atoms in total. The number of carbonyl (C=O) groups excluding carboxylic acids is 2. The third-order valence-electron chi connectivity index (χ3n) is 2.38. The first-order valence-corrected chi connectivity index (χ1v) is 5.64. The Morgan fingerprint density at radius 3 is 2.32 bits per heavy atom. The summed E-state index contributed by atoms with van der Waals surface area (Å²) in [7, 11) is 0. The predicted molar refractivity (Wildman–Crippen MR) is 69.5 cm³/mol. The average Bonchev–Trinajstić information content (AvgIpc) is 2.72. The van der Waals surface area contributed by atoms with Crippen molar-refractivity contribution in [2.24, 2.45) is 5.73 Å². The van der Waals surface area contributed by atoms with E-state index < -0.39 is 11.8 Å². The molecule has 0 bridgehead atoms. The largest absolute Gasteiger partial charge is 0.364 e. The van der Waals surface area contributed by atoms with Gasteiger partial charge in [0.2, 0.25) is 5.91 Å². The molecule has 1 saturated heterocycles. The van der Waals surface area contributed by atoms with Gasteiger partial charge in [-0.15, -0.1) is 0 Å². The van der Waals surface area contributed by atoms with Crippen LogP contribution in [0.5, 0.6) is 0 Å². The lowest BCUT2D eigenvalue weighted by Gasteiger charge is -2.09. The zero-order valence-corrected chi connectivity index (χ0v) is 10.8. The summed E-state index contributed by atoms with van der Waals surface area (Å²) >= 11 is 0. The molecule has 106 valence electrons. The van der Waals surface area contributed by atoms with Crippen LogP contribution in [0, 0.1) is 0 Å². The van der Waals surface area contributed by atoms with Crippen molar-refractivity contribution in [3.8, 4) is 0 Å². The summed E-state index contributed by atoms with van der Waals surface area (Å²) in [5.74, 6) is -4.83. The second-order valence-corrected chi connectivity index (χ2v) is 4.02. The fourth-order valence-electron chi connectivity index (χ4n) is 1.33. The maximum absolute atomic E-state index is 11.4. The molecule has 0 radical (unpaired) electrons. The third kappa shape index (κ3) is 6.49. The molecule has 1 aliphatic heterocycles. The number of halogens is 2. The molecule has 6 heteroatoms. The van der Waals surface area contributed by atoms with E-state index in [1.165, 1.54) is 0 Å². The van der Waals surface area contributed by atoms with Crippen molar-refractivity contribution in [2.75, 3.05) is 0 Å². The molecule has 1 rings (SSSR count). The van der Waals surface area contributed by atoms with Crippen LogP contribution in [0.4, 0.5) is 8.78 Å². The molecule has 2 amide bonds. The number of amides is 2. The minimum atomic E-state index is -3.36. The lowest BCUT2D eigenvalue weighted by Crippen LogP contribution is -2.31. The predicted octanol–water partition coefficient (Wildman–Crippen LogP) is 1.69. The Morgan fingerprint density at radius 2 is 2.05 bits per heavy atom. The van der Waals surface area contributed by atoms with Gasteiger partial charge >= 0.3 is 5.92 Å². The van der Waals surface area contributed by atoms with Crippen molar-refractivity contribution in [1.29, 1.82) is 0 Å². The van der Waals surface area contributed by atoms with E-state index in [1.807, 2.05) is 6.08 Å². The third-order valence-corrected chi connectivity index (χ3v) is 2.38. The molecule has 0 spiro atoms. The first-order valence-electron chi connectivity index (χ1n) is 5.64. The average molecular weight is 272 g/mol. The minimum absolute atomic E-state index is 0.122. The van der Waals surface area contributed by atoms with Crippen LogP contribution in [0.1, 0.15) is 19.8 Å². The molecule has 19 heavy (non-hydrogen) atoms. The molecule has 1 heterocycles. The molecule has 1 unspecified atom stereocenters. The Balaban J connectivity index is 0.000000399. The van der Waals surface area contributed by atoms with E-state index in [-0.39, 0.29) is 11.9 Å². The molecule has 0 aromatic rings. The van der Waals surface area contributed by atoms with Gasteiger partial charge in [0.25, 0.3) is 5.91 Å². The molecule has 1 fully saturated rings. The van der Waals surface area contributed by atoms with Gasteiger partial charge in [-0.3, -0.25) is 9.59 Å². The molecule has 1 atom stereocenters. The second-order valence-electron chi connectivity index (χ2n) is 4.02.